The van der Waals surface area contributed by atoms with Gasteiger partial charge < -0.3 is 25.8 Å². The van der Waals surface area contributed by atoms with E-state index in [0.29, 0.717) is 0 Å². The molecule has 60 valence electrons. The minimum Gasteiger partial charge on any atom is -0.388 e. The zero-order chi connectivity index (χ0) is 7.72. The Hall–Kier alpha value is -0.200. The van der Waals surface area contributed by atoms with E-state index in [1.807, 2.05) is 0 Å². The van der Waals surface area contributed by atoms with E-state index in [4.69, 9.17) is 25.8 Å². The quantitative estimate of drug-likeness (QED) is 0.302. The SMILES string of the molecule is NC1OC[C@@H](O)[C@H](O)[C@H]1O. The second-order valence-electron chi connectivity index (χ2n) is 2.35. The van der Waals surface area contributed by atoms with Gasteiger partial charge in [0.15, 0.2) is 0 Å². The zero-order valence-electron chi connectivity index (χ0n) is 5.34. The molecule has 1 unspecified atom stereocenters. The molecule has 4 atom stereocenters. The molecule has 0 radical (unpaired) electrons. The van der Waals surface area contributed by atoms with Crippen molar-refractivity contribution >= 4 is 0 Å². The molecule has 1 aliphatic heterocycles. The summed E-state index contributed by atoms with van der Waals surface area (Å²) in [7, 11) is 0. The highest BCUT2D eigenvalue weighted by Gasteiger charge is 2.35. The average Bonchev–Trinajstić information content (AvgIpc) is 1.93. The molecular weight excluding hydrogens is 138 g/mol. The molecule has 0 bridgehead atoms. The van der Waals surface area contributed by atoms with Gasteiger partial charge in [-0.25, -0.2) is 0 Å². The molecule has 1 fully saturated rings. The van der Waals surface area contributed by atoms with Gasteiger partial charge in [0, 0.05) is 0 Å². The van der Waals surface area contributed by atoms with E-state index in [1.54, 1.807) is 0 Å². The summed E-state index contributed by atoms with van der Waals surface area (Å²) in [5.74, 6) is 0. The summed E-state index contributed by atoms with van der Waals surface area (Å²) >= 11 is 0. The summed E-state index contributed by atoms with van der Waals surface area (Å²) in [5.41, 5.74) is 5.19. The van der Waals surface area contributed by atoms with Crippen LogP contribution in [0.15, 0.2) is 0 Å². The number of aliphatic hydroxyl groups excluding tert-OH is 3. The smallest absolute Gasteiger partial charge is 0.134 e. The first-order valence-corrected chi connectivity index (χ1v) is 3.04. The van der Waals surface area contributed by atoms with Crippen molar-refractivity contribution in [3.05, 3.63) is 0 Å². The summed E-state index contributed by atoms with van der Waals surface area (Å²) < 4.78 is 4.69. The fourth-order valence-electron chi connectivity index (χ4n) is 0.829. The highest BCUT2D eigenvalue weighted by molar-refractivity contribution is 4.83. The second-order valence-corrected chi connectivity index (χ2v) is 2.35. The predicted molar refractivity (Wildman–Crippen MR) is 31.9 cm³/mol. The summed E-state index contributed by atoms with van der Waals surface area (Å²) in [6, 6.07) is 0. The lowest BCUT2D eigenvalue weighted by atomic mass is 10.1. The maximum atomic E-state index is 8.96. The minimum absolute atomic E-state index is 0.0284. The van der Waals surface area contributed by atoms with Gasteiger partial charge in [0.05, 0.1) is 6.61 Å². The van der Waals surface area contributed by atoms with Crippen LogP contribution in [0.4, 0.5) is 0 Å². The van der Waals surface area contributed by atoms with Gasteiger partial charge >= 0.3 is 0 Å². The van der Waals surface area contributed by atoms with Gasteiger partial charge in [0.25, 0.3) is 0 Å². The molecule has 0 aromatic carbocycles. The molecule has 0 amide bonds. The molecule has 10 heavy (non-hydrogen) atoms. The first kappa shape index (κ1) is 7.90. The largest absolute Gasteiger partial charge is 0.388 e. The van der Waals surface area contributed by atoms with E-state index in [1.165, 1.54) is 0 Å². The maximum absolute atomic E-state index is 8.96. The fraction of sp³-hybridized carbons (Fsp3) is 1.00. The Kier molecular flexibility index (Phi) is 2.22. The average molecular weight is 149 g/mol. The van der Waals surface area contributed by atoms with Crippen LogP contribution in [0.5, 0.6) is 0 Å². The van der Waals surface area contributed by atoms with E-state index in [2.05, 4.69) is 0 Å². The van der Waals surface area contributed by atoms with Crippen molar-refractivity contribution in [3.8, 4) is 0 Å². The lowest BCUT2D eigenvalue weighted by Gasteiger charge is -2.32. The Morgan fingerprint density at radius 3 is 2.30 bits per heavy atom. The van der Waals surface area contributed by atoms with Crippen LogP contribution in [0.1, 0.15) is 0 Å². The van der Waals surface area contributed by atoms with E-state index >= 15 is 0 Å². The molecule has 1 saturated heterocycles. The zero-order valence-corrected chi connectivity index (χ0v) is 5.34. The van der Waals surface area contributed by atoms with Crippen molar-refractivity contribution in [2.75, 3.05) is 6.61 Å². The van der Waals surface area contributed by atoms with Crippen LogP contribution < -0.4 is 5.73 Å². The van der Waals surface area contributed by atoms with Gasteiger partial charge in [0.1, 0.15) is 24.5 Å². The van der Waals surface area contributed by atoms with Gasteiger partial charge in [-0.1, -0.05) is 0 Å². The Morgan fingerprint density at radius 2 is 1.80 bits per heavy atom. The van der Waals surface area contributed by atoms with Gasteiger partial charge in [-0.2, -0.15) is 0 Å². The Bertz CT molecular complexity index is 106. The molecular formula is C5H11NO4. The molecule has 5 nitrogen and oxygen atoms in total. The van der Waals surface area contributed by atoms with Crippen molar-refractivity contribution in [2.24, 2.45) is 5.73 Å². The summed E-state index contributed by atoms with van der Waals surface area (Å²) in [4.78, 5) is 0. The molecule has 0 aliphatic carbocycles. The fourth-order valence-corrected chi connectivity index (χ4v) is 0.829. The molecule has 0 aromatic rings. The van der Waals surface area contributed by atoms with Crippen LogP contribution in [0.2, 0.25) is 0 Å². The third kappa shape index (κ3) is 1.28. The molecule has 0 aromatic heterocycles. The summed E-state index contributed by atoms with van der Waals surface area (Å²) in [6.07, 6.45) is -4.30. The predicted octanol–water partition coefficient (Wildman–Crippen LogP) is -2.62. The van der Waals surface area contributed by atoms with Gasteiger partial charge in [-0.15, -0.1) is 0 Å². The highest BCUT2D eigenvalue weighted by atomic mass is 16.5. The molecule has 1 aliphatic rings. The third-order valence-electron chi connectivity index (χ3n) is 1.54. The van der Waals surface area contributed by atoms with E-state index < -0.39 is 24.5 Å². The van der Waals surface area contributed by atoms with Gasteiger partial charge in [-0.05, 0) is 0 Å². The van der Waals surface area contributed by atoms with Crippen molar-refractivity contribution in [2.45, 2.75) is 24.5 Å². The number of hydrogen-bond donors (Lipinski definition) is 4. The number of ether oxygens (including phenoxy) is 1. The van der Waals surface area contributed by atoms with Crippen LogP contribution in [-0.2, 0) is 4.74 Å². The second kappa shape index (κ2) is 2.81. The molecule has 1 heterocycles. The van der Waals surface area contributed by atoms with E-state index in [-0.39, 0.29) is 6.61 Å². The van der Waals surface area contributed by atoms with Crippen molar-refractivity contribution in [1.29, 1.82) is 0 Å². The standard InChI is InChI=1S/C5H11NO4/c6-5-4(9)3(8)2(7)1-10-5/h2-5,7-9H,1,6H2/t2-,3+,4-,5?/m1/s1. The molecule has 1 rings (SSSR count). The molecule has 0 spiro atoms. The van der Waals surface area contributed by atoms with Crippen LogP contribution in [0.3, 0.4) is 0 Å². The third-order valence-corrected chi connectivity index (χ3v) is 1.54. The normalized spacial score (nSPS) is 49.2. The first-order valence-electron chi connectivity index (χ1n) is 3.04. The van der Waals surface area contributed by atoms with Crippen LogP contribution in [0.25, 0.3) is 0 Å². The molecule has 5 heteroatoms. The maximum Gasteiger partial charge on any atom is 0.134 e. The summed E-state index contributed by atoms with van der Waals surface area (Å²) in [5, 5.41) is 26.8. The monoisotopic (exact) mass is 149 g/mol. The van der Waals surface area contributed by atoms with Gasteiger partial charge in [0.2, 0.25) is 0 Å². The van der Waals surface area contributed by atoms with E-state index in [0.717, 1.165) is 0 Å². The highest BCUT2D eigenvalue weighted by Crippen LogP contribution is 2.11. The van der Waals surface area contributed by atoms with E-state index in [9.17, 15) is 0 Å². The molecule has 5 N–H and O–H groups in total. The summed E-state index contributed by atoms with van der Waals surface area (Å²) in [6.45, 7) is -0.0284. The number of rotatable bonds is 0. The molecule has 0 saturated carbocycles. The number of aliphatic hydroxyl groups is 3. The number of hydrogen-bond acceptors (Lipinski definition) is 5. The Labute approximate surface area is 58.0 Å². The van der Waals surface area contributed by atoms with Crippen LogP contribution in [0, 0.1) is 0 Å². The first-order chi connectivity index (χ1) is 4.63. The Balaban J connectivity index is 2.52. The van der Waals surface area contributed by atoms with Crippen LogP contribution in [-0.4, -0.2) is 46.5 Å². The van der Waals surface area contributed by atoms with Crippen LogP contribution >= 0.6 is 0 Å². The number of nitrogens with two attached hydrogens (primary N) is 1. The van der Waals surface area contributed by atoms with Crippen molar-refractivity contribution in [1.82, 2.24) is 0 Å². The van der Waals surface area contributed by atoms with Crippen molar-refractivity contribution < 1.29 is 20.1 Å². The lowest BCUT2D eigenvalue weighted by molar-refractivity contribution is -0.184. The van der Waals surface area contributed by atoms with Crippen molar-refractivity contribution in [3.63, 3.8) is 0 Å². The topological polar surface area (TPSA) is 95.9 Å². The lowest BCUT2D eigenvalue weighted by Crippen LogP contribution is -2.56. The Morgan fingerprint density at radius 1 is 1.20 bits per heavy atom. The minimum atomic E-state index is -1.19. The van der Waals surface area contributed by atoms with Gasteiger partial charge in [-0.3, -0.25) is 0 Å².